The number of piperidine rings is 1. The second kappa shape index (κ2) is 9.75. The third kappa shape index (κ3) is 5.68. The second-order valence-electron chi connectivity index (χ2n) is 9.72. The Labute approximate surface area is 198 Å². The SMILES string of the molecule is CC(C)(C)c1nc(-c2ccc(NC(=O)C3CCCN(C(=O)Cc4ccc(F)cc4)C3)cc2)no1. The molecule has 1 aliphatic rings. The van der Waals surface area contributed by atoms with Crippen molar-refractivity contribution < 1.29 is 18.5 Å². The summed E-state index contributed by atoms with van der Waals surface area (Å²) in [5.41, 5.74) is 2.00. The molecule has 8 heteroatoms. The van der Waals surface area contributed by atoms with E-state index in [4.69, 9.17) is 4.52 Å². The van der Waals surface area contributed by atoms with Crippen molar-refractivity contribution in [2.45, 2.75) is 45.4 Å². The number of carbonyl (C=O) groups is 2. The third-order valence-corrected chi connectivity index (χ3v) is 5.89. The largest absolute Gasteiger partial charge is 0.342 e. The van der Waals surface area contributed by atoms with Crippen LogP contribution in [-0.2, 0) is 21.4 Å². The highest BCUT2D eigenvalue weighted by molar-refractivity contribution is 5.93. The second-order valence-corrected chi connectivity index (χ2v) is 9.72. The number of halogens is 1. The smallest absolute Gasteiger partial charge is 0.232 e. The first-order valence-corrected chi connectivity index (χ1v) is 11.5. The third-order valence-electron chi connectivity index (χ3n) is 5.89. The van der Waals surface area contributed by atoms with E-state index in [2.05, 4.69) is 15.5 Å². The molecular weight excluding hydrogens is 435 g/mol. The number of hydrogen-bond acceptors (Lipinski definition) is 5. The average Bonchev–Trinajstić information content (AvgIpc) is 3.32. The van der Waals surface area contributed by atoms with Crippen LogP contribution in [0.5, 0.6) is 0 Å². The maximum atomic E-state index is 13.1. The van der Waals surface area contributed by atoms with E-state index >= 15 is 0 Å². The summed E-state index contributed by atoms with van der Waals surface area (Å²) in [5.74, 6) is 0.300. The van der Waals surface area contributed by atoms with Crippen LogP contribution in [-0.4, -0.2) is 39.9 Å². The van der Waals surface area contributed by atoms with Crippen molar-refractivity contribution >= 4 is 17.5 Å². The summed E-state index contributed by atoms with van der Waals surface area (Å²) in [7, 11) is 0. The number of benzene rings is 2. The number of anilines is 1. The summed E-state index contributed by atoms with van der Waals surface area (Å²) in [5, 5.41) is 7.00. The molecule has 1 aliphatic heterocycles. The van der Waals surface area contributed by atoms with Gasteiger partial charge in [0.2, 0.25) is 23.5 Å². The fourth-order valence-electron chi connectivity index (χ4n) is 3.90. The van der Waals surface area contributed by atoms with Crippen LogP contribution >= 0.6 is 0 Å². The zero-order chi connectivity index (χ0) is 24.3. The Kier molecular flexibility index (Phi) is 6.77. The van der Waals surface area contributed by atoms with Gasteiger partial charge in [0, 0.05) is 29.8 Å². The minimum absolute atomic E-state index is 0.0526. The average molecular weight is 465 g/mol. The summed E-state index contributed by atoms with van der Waals surface area (Å²) in [6, 6.07) is 13.2. The molecule has 1 N–H and O–H groups in total. The van der Waals surface area contributed by atoms with Crippen molar-refractivity contribution in [1.29, 1.82) is 0 Å². The van der Waals surface area contributed by atoms with Gasteiger partial charge in [0.15, 0.2) is 0 Å². The van der Waals surface area contributed by atoms with Gasteiger partial charge in [-0.15, -0.1) is 0 Å². The van der Waals surface area contributed by atoms with Crippen molar-refractivity contribution in [2.24, 2.45) is 5.92 Å². The lowest BCUT2D eigenvalue weighted by molar-refractivity contribution is -0.133. The molecule has 7 nitrogen and oxygen atoms in total. The number of likely N-dealkylation sites (tertiary alicyclic amines) is 1. The van der Waals surface area contributed by atoms with Crippen LogP contribution in [0.4, 0.5) is 10.1 Å². The van der Waals surface area contributed by atoms with Gasteiger partial charge >= 0.3 is 0 Å². The van der Waals surface area contributed by atoms with Gasteiger partial charge in [-0.1, -0.05) is 38.1 Å². The molecule has 178 valence electrons. The van der Waals surface area contributed by atoms with Crippen LogP contribution in [0.3, 0.4) is 0 Å². The normalized spacial score (nSPS) is 16.4. The van der Waals surface area contributed by atoms with E-state index in [0.29, 0.717) is 30.5 Å². The fourth-order valence-corrected chi connectivity index (χ4v) is 3.90. The number of nitrogens with one attached hydrogen (secondary N) is 1. The fraction of sp³-hybridized carbons (Fsp3) is 0.385. The zero-order valence-electron chi connectivity index (χ0n) is 19.7. The lowest BCUT2D eigenvalue weighted by atomic mass is 9.96. The molecule has 1 unspecified atom stereocenters. The molecule has 1 atom stereocenters. The Morgan fingerprint density at radius 2 is 1.82 bits per heavy atom. The van der Waals surface area contributed by atoms with Crippen LogP contribution in [0.2, 0.25) is 0 Å². The molecule has 0 aliphatic carbocycles. The van der Waals surface area contributed by atoms with Gasteiger partial charge in [0.25, 0.3) is 0 Å². The number of nitrogens with zero attached hydrogens (tertiary/aromatic N) is 3. The molecule has 0 saturated carbocycles. The minimum Gasteiger partial charge on any atom is -0.342 e. The van der Waals surface area contributed by atoms with Crippen molar-refractivity contribution in [1.82, 2.24) is 15.0 Å². The van der Waals surface area contributed by atoms with Crippen LogP contribution in [0.1, 0.15) is 45.1 Å². The molecular formula is C26H29FN4O3. The monoisotopic (exact) mass is 464 g/mol. The van der Waals surface area contributed by atoms with Crippen molar-refractivity contribution in [3.8, 4) is 11.4 Å². The number of aromatic nitrogens is 2. The summed E-state index contributed by atoms with van der Waals surface area (Å²) in [6.45, 7) is 7.02. The number of amides is 2. The van der Waals surface area contributed by atoms with Gasteiger partial charge in [-0.25, -0.2) is 4.39 Å². The van der Waals surface area contributed by atoms with E-state index in [-0.39, 0.29) is 35.4 Å². The van der Waals surface area contributed by atoms with E-state index in [0.717, 1.165) is 24.0 Å². The molecule has 2 aromatic carbocycles. The quantitative estimate of drug-likeness (QED) is 0.597. The Morgan fingerprint density at radius 3 is 2.47 bits per heavy atom. The Bertz CT molecular complexity index is 1150. The molecule has 2 amide bonds. The summed E-state index contributed by atoms with van der Waals surface area (Å²) in [6.07, 6.45) is 1.69. The molecule has 1 saturated heterocycles. The van der Waals surface area contributed by atoms with Gasteiger partial charge in [0.05, 0.1) is 12.3 Å². The maximum absolute atomic E-state index is 13.1. The zero-order valence-corrected chi connectivity index (χ0v) is 19.7. The lowest BCUT2D eigenvalue weighted by Gasteiger charge is -2.32. The van der Waals surface area contributed by atoms with Crippen molar-refractivity contribution in [2.75, 3.05) is 18.4 Å². The van der Waals surface area contributed by atoms with Crippen LogP contribution < -0.4 is 5.32 Å². The van der Waals surface area contributed by atoms with E-state index < -0.39 is 0 Å². The predicted molar refractivity (Wildman–Crippen MR) is 126 cm³/mol. The highest BCUT2D eigenvalue weighted by atomic mass is 19.1. The molecule has 0 spiro atoms. The Morgan fingerprint density at radius 1 is 1.12 bits per heavy atom. The van der Waals surface area contributed by atoms with Gasteiger partial charge < -0.3 is 14.7 Å². The maximum Gasteiger partial charge on any atom is 0.232 e. The first-order valence-electron chi connectivity index (χ1n) is 11.5. The van der Waals surface area contributed by atoms with Crippen LogP contribution in [0.25, 0.3) is 11.4 Å². The molecule has 1 aromatic heterocycles. The Hall–Kier alpha value is -3.55. The van der Waals surface area contributed by atoms with E-state index in [1.165, 1.54) is 12.1 Å². The van der Waals surface area contributed by atoms with Gasteiger partial charge in [0.1, 0.15) is 5.82 Å². The molecule has 0 radical (unpaired) electrons. The molecule has 2 heterocycles. The summed E-state index contributed by atoms with van der Waals surface area (Å²) >= 11 is 0. The topological polar surface area (TPSA) is 88.3 Å². The van der Waals surface area contributed by atoms with E-state index in [9.17, 15) is 14.0 Å². The first kappa shape index (κ1) is 23.6. The number of carbonyl (C=O) groups excluding carboxylic acids is 2. The molecule has 1 fully saturated rings. The van der Waals surface area contributed by atoms with Crippen molar-refractivity contribution in [3.05, 3.63) is 65.8 Å². The molecule has 0 bridgehead atoms. The first-order chi connectivity index (χ1) is 16.2. The van der Waals surface area contributed by atoms with Gasteiger partial charge in [-0.05, 0) is 54.8 Å². The van der Waals surface area contributed by atoms with E-state index in [1.54, 1.807) is 29.2 Å². The predicted octanol–water partition coefficient (Wildman–Crippen LogP) is 4.59. The highest BCUT2D eigenvalue weighted by Gasteiger charge is 2.28. The highest BCUT2D eigenvalue weighted by Crippen LogP contribution is 2.25. The summed E-state index contributed by atoms with van der Waals surface area (Å²) in [4.78, 5) is 31.7. The number of rotatable bonds is 5. The summed E-state index contributed by atoms with van der Waals surface area (Å²) < 4.78 is 18.4. The van der Waals surface area contributed by atoms with Crippen LogP contribution in [0, 0.1) is 11.7 Å². The van der Waals surface area contributed by atoms with Gasteiger partial charge in [-0.2, -0.15) is 4.98 Å². The van der Waals surface area contributed by atoms with E-state index in [1.807, 2.05) is 32.9 Å². The minimum atomic E-state index is -0.328. The molecule has 3 aromatic rings. The molecule has 4 rings (SSSR count). The Balaban J connectivity index is 1.34. The van der Waals surface area contributed by atoms with Crippen LogP contribution in [0.15, 0.2) is 53.1 Å². The van der Waals surface area contributed by atoms with Crippen molar-refractivity contribution in [3.63, 3.8) is 0 Å². The number of hydrogen-bond donors (Lipinski definition) is 1. The molecule has 34 heavy (non-hydrogen) atoms. The van der Waals surface area contributed by atoms with Gasteiger partial charge in [-0.3, -0.25) is 9.59 Å². The standard InChI is InChI=1S/C26H29FN4O3/c1-26(2,3)25-29-23(30-34-25)18-8-12-21(13-9-18)28-24(33)19-5-4-14-31(16-19)22(32)15-17-6-10-20(27)11-7-17/h6-13,19H,4-5,14-16H2,1-3H3,(H,28,33). The lowest BCUT2D eigenvalue weighted by Crippen LogP contribution is -2.44.